The molecule has 1 fully saturated rings. The van der Waals surface area contributed by atoms with E-state index in [1.54, 1.807) is 23.5 Å². The lowest BCUT2D eigenvalue weighted by Crippen LogP contribution is -2.64. The lowest BCUT2D eigenvalue weighted by atomic mass is 9.89. The van der Waals surface area contributed by atoms with Gasteiger partial charge in [0.25, 0.3) is 0 Å². The molecule has 1 aliphatic rings. The van der Waals surface area contributed by atoms with Gasteiger partial charge in [-0.25, -0.2) is 0 Å². The summed E-state index contributed by atoms with van der Waals surface area (Å²) in [7, 11) is 0. The predicted molar refractivity (Wildman–Crippen MR) is 57.5 cm³/mol. The van der Waals surface area contributed by atoms with Crippen molar-refractivity contribution in [1.82, 2.24) is 14.9 Å². The summed E-state index contributed by atoms with van der Waals surface area (Å²) in [5.74, 6) is -0.149. The van der Waals surface area contributed by atoms with Gasteiger partial charge in [0.2, 0.25) is 5.91 Å². The quantitative estimate of drug-likeness (QED) is 0.714. The Morgan fingerprint density at radius 2 is 2.38 bits per heavy atom. The van der Waals surface area contributed by atoms with Gasteiger partial charge in [-0.1, -0.05) is 6.58 Å². The van der Waals surface area contributed by atoms with E-state index in [4.69, 9.17) is 0 Å². The highest BCUT2D eigenvalue weighted by Crippen LogP contribution is 2.24. The minimum Gasteiger partial charge on any atom is -0.386 e. The third-order valence-electron chi connectivity index (χ3n) is 2.58. The number of hydrogen-bond acceptors (Lipinski definition) is 4. The molecule has 1 aliphatic heterocycles. The fourth-order valence-electron chi connectivity index (χ4n) is 1.82. The molecule has 16 heavy (non-hydrogen) atoms. The van der Waals surface area contributed by atoms with Crippen LogP contribution < -0.4 is 0 Å². The number of hydrogen-bond donors (Lipinski definition) is 1. The fourth-order valence-corrected chi connectivity index (χ4v) is 1.82. The summed E-state index contributed by atoms with van der Waals surface area (Å²) in [5, 5.41) is 10.1. The summed E-state index contributed by atoms with van der Waals surface area (Å²) in [6.45, 7) is 4.06. The van der Waals surface area contributed by atoms with Crippen LogP contribution in [0.25, 0.3) is 0 Å². The van der Waals surface area contributed by atoms with Crippen LogP contribution in [0, 0.1) is 0 Å². The van der Waals surface area contributed by atoms with Crippen molar-refractivity contribution >= 4 is 5.91 Å². The first-order valence-electron chi connectivity index (χ1n) is 5.02. The first-order valence-corrected chi connectivity index (χ1v) is 5.02. The summed E-state index contributed by atoms with van der Waals surface area (Å²) in [5.41, 5.74) is -0.134. The van der Waals surface area contributed by atoms with Crippen LogP contribution in [0.15, 0.2) is 31.2 Å². The van der Waals surface area contributed by atoms with Crippen molar-refractivity contribution in [2.75, 3.05) is 13.1 Å². The molecule has 1 N–H and O–H groups in total. The van der Waals surface area contributed by atoms with Gasteiger partial charge in [-0.2, -0.15) is 0 Å². The summed E-state index contributed by atoms with van der Waals surface area (Å²) in [4.78, 5) is 20.8. The molecule has 0 atom stereocenters. The van der Waals surface area contributed by atoms with Crippen LogP contribution in [0.3, 0.4) is 0 Å². The normalized spacial score (nSPS) is 17.7. The van der Waals surface area contributed by atoms with E-state index in [0.717, 1.165) is 5.69 Å². The van der Waals surface area contributed by atoms with E-state index in [9.17, 15) is 9.90 Å². The minimum atomic E-state index is -0.866. The molecule has 0 spiro atoms. The van der Waals surface area contributed by atoms with Crippen molar-refractivity contribution in [3.05, 3.63) is 36.9 Å². The Bertz CT molecular complexity index is 399. The molecule has 5 nitrogen and oxygen atoms in total. The Morgan fingerprint density at radius 3 is 2.94 bits per heavy atom. The number of nitrogens with zero attached hydrogens (tertiary/aromatic N) is 3. The third-order valence-corrected chi connectivity index (χ3v) is 2.58. The molecular formula is C11H13N3O2. The van der Waals surface area contributed by atoms with Crippen LogP contribution in [0.1, 0.15) is 5.69 Å². The highest BCUT2D eigenvalue weighted by Gasteiger charge is 2.43. The zero-order valence-electron chi connectivity index (χ0n) is 8.83. The van der Waals surface area contributed by atoms with E-state index < -0.39 is 5.60 Å². The molecule has 2 rings (SSSR count). The second kappa shape index (κ2) is 4.02. The SMILES string of the molecule is C=CC(=O)N1CC(O)(Cc2cnccn2)C1. The van der Waals surface area contributed by atoms with Gasteiger partial charge in [0.1, 0.15) is 5.60 Å². The molecule has 84 valence electrons. The van der Waals surface area contributed by atoms with E-state index >= 15 is 0 Å². The average Bonchev–Trinajstić information content (AvgIpc) is 2.26. The number of amides is 1. The zero-order chi connectivity index (χ0) is 11.6. The molecule has 1 aromatic heterocycles. The largest absolute Gasteiger partial charge is 0.386 e. The number of likely N-dealkylation sites (tertiary alicyclic amines) is 1. The van der Waals surface area contributed by atoms with Crippen LogP contribution in [0.4, 0.5) is 0 Å². The highest BCUT2D eigenvalue weighted by atomic mass is 16.3. The smallest absolute Gasteiger partial charge is 0.246 e. The Balaban J connectivity index is 1.93. The maximum Gasteiger partial charge on any atom is 0.246 e. The molecule has 0 aromatic carbocycles. The maximum atomic E-state index is 11.2. The summed E-state index contributed by atoms with van der Waals surface area (Å²) in [6.07, 6.45) is 6.46. The van der Waals surface area contributed by atoms with Gasteiger partial charge in [0.05, 0.1) is 18.8 Å². The molecule has 0 unspecified atom stereocenters. The maximum absolute atomic E-state index is 11.2. The van der Waals surface area contributed by atoms with Crippen molar-refractivity contribution in [3.8, 4) is 0 Å². The topological polar surface area (TPSA) is 66.3 Å². The van der Waals surface area contributed by atoms with Gasteiger partial charge >= 0.3 is 0 Å². The Kier molecular flexibility index (Phi) is 2.70. The van der Waals surface area contributed by atoms with Gasteiger partial charge in [-0.15, -0.1) is 0 Å². The standard InChI is InChI=1S/C11H13N3O2/c1-2-10(15)14-7-11(16,8-14)5-9-6-12-3-4-13-9/h2-4,6,16H,1,5,7-8H2. The summed E-state index contributed by atoms with van der Waals surface area (Å²) < 4.78 is 0. The number of carbonyl (C=O) groups is 1. The van der Waals surface area contributed by atoms with E-state index in [2.05, 4.69) is 16.5 Å². The third kappa shape index (κ3) is 2.09. The van der Waals surface area contributed by atoms with Crippen molar-refractivity contribution < 1.29 is 9.90 Å². The van der Waals surface area contributed by atoms with E-state index in [-0.39, 0.29) is 5.91 Å². The molecule has 0 radical (unpaired) electrons. The van der Waals surface area contributed by atoms with Crippen molar-refractivity contribution in [3.63, 3.8) is 0 Å². The Morgan fingerprint density at radius 1 is 1.62 bits per heavy atom. The van der Waals surface area contributed by atoms with Crippen LogP contribution in [0.2, 0.25) is 0 Å². The average molecular weight is 219 g/mol. The molecule has 5 heteroatoms. The van der Waals surface area contributed by atoms with E-state index in [0.29, 0.717) is 19.5 Å². The molecule has 1 saturated heterocycles. The predicted octanol–water partition coefficient (Wildman–Crippen LogP) is -0.222. The summed E-state index contributed by atoms with van der Waals surface area (Å²) in [6, 6.07) is 0. The number of aliphatic hydroxyl groups is 1. The fraction of sp³-hybridized carbons (Fsp3) is 0.364. The number of β-amino-alcohol motifs (C(OH)–C–C–N with tert-alkyl or cyclic N) is 1. The van der Waals surface area contributed by atoms with Gasteiger partial charge in [0, 0.05) is 25.0 Å². The van der Waals surface area contributed by atoms with Gasteiger partial charge in [0.15, 0.2) is 0 Å². The van der Waals surface area contributed by atoms with Gasteiger partial charge in [-0.3, -0.25) is 14.8 Å². The van der Waals surface area contributed by atoms with Crippen LogP contribution >= 0.6 is 0 Å². The molecule has 0 bridgehead atoms. The van der Waals surface area contributed by atoms with Crippen LogP contribution in [0.5, 0.6) is 0 Å². The number of aromatic nitrogens is 2. The van der Waals surface area contributed by atoms with Crippen molar-refractivity contribution in [2.24, 2.45) is 0 Å². The Labute approximate surface area is 93.4 Å². The Hall–Kier alpha value is -1.75. The first kappa shape index (κ1) is 10.8. The second-order valence-electron chi connectivity index (χ2n) is 4.00. The van der Waals surface area contributed by atoms with Crippen molar-refractivity contribution in [2.45, 2.75) is 12.0 Å². The van der Waals surface area contributed by atoms with E-state index in [1.165, 1.54) is 6.08 Å². The van der Waals surface area contributed by atoms with Crippen LogP contribution in [-0.2, 0) is 11.2 Å². The highest BCUT2D eigenvalue weighted by molar-refractivity contribution is 5.87. The van der Waals surface area contributed by atoms with Gasteiger partial charge in [-0.05, 0) is 6.08 Å². The molecule has 1 aromatic rings. The molecular weight excluding hydrogens is 206 g/mol. The monoisotopic (exact) mass is 219 g/mol. The van der Waals surface area contributed by atoms with E-state index in [1.807, 2.05) is 0 Å². The molecule has 2 heterocycles. The first-order chi connectivity index (χ1) is 7.63. The van der Waals surface area contributed by atoms with Crippen molar-refractivity contribution in [1.29, 1.82) is 0 Å². The number of rotatable bonds is 3. The lowest BCUT2D eigenvalue weighted by Gasteiger charge is -2.45. The number of carbonyl (C=O) groups excluding carboxylic acids is 1. The second-order valence-corrected chi connectivity index (χ2v) is 4.00. The molecule has 0 aliphatic carbocycles. The molecule has 0 saturated carbocycles. The zero-order valence-corrected chi connectivity index (χ0v) is 8.83. The lowest BCUT2D eigenvalue weighted by molar-refractivity contribution is -0.149. The summed E-state index contributed by atoms with van der Waals surface area (Å²) >= 11 is 0. The van der Waals surface area contributed by atoms with Crippen LogP contribution in [-0.4, -0.2) is 44.6 Å². The minimum absolute atomic E-state index is 0.149. The van der Waals surface area contributed by atoms with Gasteiger partial charge < -0.3 is 10.0 Å². The molecule has 1 amide bonds.